The Hall–Kier alpha value is -0.830. The average Bonchev–Trinajstić information content (AvgIpc) is 2.73. The largest absolute Gasteiger partial charge is 0.243 e. The summed E-state index contributed by atoms with van der Waals surface area (Å²) in [4.78, 5) is 0.424. The van der Waals surface area contributed by atoms with Crippen LogP contribution in [0, 0.1) is 11.6 Å². The van der Waals surface area contributed by atoms with Gasteiger partial charge in [0.1, 0.15) is 11.6 Å². The highest BCUT2D eigenvalue weighted by Crippen LogP contribution is 2.25. The lowest BCUT2D eigenvalue weighted by Gasteiger charge is -2.16. The molecule has 0 spiro atoms. The molecule has 2 rings (SSSR count). The second-order valence-electron chi connectivity index (χ2n) is 4.07. The van der Waals surface area contributed by atoms with Crippen molar-refractivity contribution >= 4 is 37.3 Å². The lowest BCUT2D eigenvalue weighted by molar-refractivity contribution is 0.467. The molecule has 108 valence electrons. The van der Waals surface area contributed by atoms with Gasteiger partial charge in [0.15, 0.2) is 0 Å². The van der Waals surface area contributed by atoms with Crippen LogP contribution >= 0.6 is 27.3 Å². The number of hydrogen-bond acceptors (Lipinski definition) is 3. The summed E-state index contributed by atoms with van der Waals surface area (Å²) in [5.74, 6) is -1.84. The molecule has 0 fully saturated rings. The number of rotatable bonds is 4. The van der Waals surface area contributed by atoms with Crippen molar-refractivity contribution in [2.75, 3.05) is 7.05 Å². The molecular formula is C12H10BrF2NO2S2. The molecule has 0 aliphatic rings. The van der Waals surface area contributed by atoms with Gasteiger partial charge in [0, 0.05) is 24.5 Å². The van der Waals surface area contributed by atoms with Gasteiger partial charge < -0.3 is 0 Å². The highest BCUT2D eigenvalue weighted by Gasteiger charge is 2.22. The monoisotopic (exact) mass is 381 g/mol. The lowest BCUT2D eigenvalue weighted by atomic mass is 10.3. The number of halogens is 3. The summed E-state index contributed by atoms with van der Waals surface area (Å²) in [6, 6.07) is 5.84. The smallest absolute Gasteiger partial charge is 0.207 e. The Morgan fingerprint density at radius 1 is 1.20 bits per heavy atom. The summed E-state index contributed by atoms with van der Waals surface area (Å²) < 4.78 is 52.7. The molecule has 2 aromatic rings. The van der Waals surface area contributed by atoms with Gasteiger partial charge in [-0.2, -0.15) is 4.31 Å². The summed E-state index contributed by atoms with van der Waals surface area (Å²) in [5, 5.41) is 0. The van der Waals surface area contributed by atoms with E-state index in [4.69, 9.17) is 0 Å². The number of nitrogens with zero attached hydrogens (tertiary/aromatic N) is 1. The standard InChI is InChI=1S/C12H10BrF2NO2S2/c1-16(7-10-2-3-12(13)19-10)20(17,18)11-5-8(14)4-9(15)6-11/h2-6H,7H2,1H3. The Morgan fingerprint density at radius 2 is 1.80 bits per heavy atom. The zero-order valence-electron chi connectivity index (χ0n) is 10.3. The molecule has 1 aromatic carbocycles. The zero-order valence-corrected chi connectivity index (χ0v) is 13.5. The van der Waals surface area contributed by atoms with Crippen LogP contribution in [0.2, 0.25) is 0 Å². The Labute approximate surface area is 128 Å². The Balaban J connectivity index is 2.29. The van der Waals surface area contributed by atoms with Crippen LogP contribution in [0.25, 0.3) is 0 Å². The molecule has 0 N–H and O–H groups in total. The van der Waals surface area contributed by atoms with Crippen LogP contribution in [0.5, 0.6) is 0 Å². The molecule has 8 heteroatoms. The van der Waals surface area contributed by atoms with Crippen LogP contribution in [-0.2, 0) is 16.6 Å². The van der Waals surface area contributed by atoms with Crippen LogP contribution in [-0.4, -0.2) is 19.8 Å². The fraction of sp³-hybridized carbons (Fsp3) is 0.167. The molecule has 20 heavy (non-hydrogen) atoms. The number of thiophene rings is 1. The SMILES string of the molecule is CN(Cc1ccc(Br)s1)S(=O)(=O)c1cc(F)cc(F)c1. The molecule has 0 aliphatic heterocycles. The molecule has 1 aromatic heterocycles. The molecular weight excluding hydrogens is 372 g/mol. The predicted octanol–water partition coefficient (Wildman–Crippen LogP) is 3.61. The molecule has 0 bridgehead atoms. The molecule has 0 saturated heterocycles. The third-order valence-electron chi connectivity index (χ3n) is 2.55. The summed E-state index contributed by atoms with van der Waals surface area (Å²) >= 11 is 4.68. The van der Waals surface area contributed by atoms with E-state index in [9.17, 15) is 17.2 Å². The van der Waals surface area contributed by atoms with Crippen molar-refractivity contribution in [1.82, 2.24) is 4.31 Å². The normalized spacial score (nSPS) is 12.1. The van der Waals surface area contributed by atoms with E-state index in [0.717, 1.165) is 25.1 Å². The van der Waals surface area contributed by atoms with Gasteiger partial charge in [-0.25, -0.2) is 17.2 Å². The molecule has 1 heterocycles. The molecule has 0 unspecified atom stereocenters. The van der Waals surface area contributed by atoms with Crippen molar-refractivity contribution in [1.29, 1.82) is 0 Å². The van der Waals surface area contributed by atoms with Gasteiger partial charge in [-0.3, -0.25) is 0 Å². The summed E-state index contributed by atoms with van der Waals surface area (Å²) in [5.41, 5.74) is 0. The summed E-state index contributed by atoms with van der Waals surface area (Å²) in [6.45, 7) is 0.136. The first kappa shape index (κ1) is 15.6. The van der Waals surface area contributed by atoms with E-state index in [1.165, 1.54) is 18.4 Å². The van der Waals surface area contributed by atoms with Gasteiger partial charge in [0.2, 0.25) is 10.0 Å². The predicted molar refractivity (Wildman–Crippen MR) is 77.0 cm³/mol. The highest BCUT2D eigenvalue weighted by molar-refractivity contribution is 9.11. The van der Waals surface area contributed by atoms with E-state index in [1.807, 2.05) is 6.07 Å². The van der Waals surface area contributed by atoms with Crippen LogP contribution in [0.3, 0.4) is 0 Å². The first-order chi connectivity index (χ1) is 9.29. The van der Waals surface area contributed by atoms with Crippen molar-refractivity contribution in [2.24, 2.45) is 0 Å². The van der Waals surface area contributed by atoms with Gasteiger partial charge in [0.05, 0.1) is 8.68 Å². The minimum Gasteiger partial charge on any atom is -0.207 e. The Bertz CT molecular complexity index is 711. The maximum atomic E-state index is 13.1. The third kappa shape index (κ3) is 3.43. The molecule has 0 radical (unpaired) electrons. The minimum atomic E-state index is -3.93. The lowest BCUT2D eigenvalue weighted by Crippen LogP contribution is -2.26. The number of hydrogen-bond donors (Lipinski definition) is 0. The zero-order chi connectivity index (χ0) is 14.9. The summed E-state index contributed by atoms with van der Waals surface area (Å²) in [7, 11) is -2.56. The van der Waals surface area contributed by atoms with Gasteiger partial charge in [-0.1, -0.05) is 0 Å². The quantitative estimate of drug-likeness (QED) is 0.810. The van der Waals surface area contributed by atoms with Gasteiger partial charge in [0.25, 0.3) is 0 Å². The second kappa shape index (κ2) is 5.88. The van der Waals surface area contributed by atoms with Crippen LogP contribution in [0.4, 0.5) is 8.78 Å². The van der Waals surface area contributed by atoms with Crippen molar-refractivity contribution in [3.63, 3.8) is 0 Å². The maximum Gasteiger partial charge on any atom is 0.243 e. The van der Waals surface area contributed by atoms with E-state index < -0.39 is 26.6 Å². The topological polar surface area (TPSA) is 37.4 Å². The van der Waals surface area contributed by atoms with Crippen molar-refractivity contribution in [3.05, 3.63) is 50.6 Å². The van der Waals surface area contributed by atoms with Gasteiger partial charge in [-0.15, -0.1) is 11.3 Å². The van der Waals surface area contributed by atoms with Crippen LogP contribution in [0.15, 0.2) is 39.0 Å². The number of benzene rings is 1. The van der Waals surface area contributed by atoms with Crippen LogP contribution in [0.1, 0.15) is 4.88 Å². The molecule has 0 atom stereocenters. The highest BCUT2D eigenvalue weighted by atomic mass is 79.9. The number of sulfonamides is 1. The maximum absolute atomic E-state index is 13.1. The molecule has 0 saturated carbocycles. The first-order valence-electron chi connectivity index (χ1n) is 5.45. The minimum absolute atomic E-state index is 0.136. The van der Waals surface area contributed by atoms with Gasteiger partial charge in [-0.05, 0) is 40.2 Å². The van der Waals surface area contributed by atoms with Gasteiger partial charge >= 0.3 is 0 Å². The molecule has 0 aliphatic carbocycles. The molecule has 0 amide bonds. The van der Waals surface area contributed by atoms with E-state index >= 15 is 0 Å². The van der Waals surface area contributed by atoms with E-state index in [-0.39, 0.29) is 6.54 Å². The Morgan fingerprint density at radius 3 is 2.30 bits per heavy atom. The van der Waals surface area contributed by atoms with Crippen molar-refractivity contribution in [3.8, 4) is 0 Å². The fourth-order valence-electron chi connectivity index (χ4n) is 1.60. The fourth-order valence-corrected chi connectivity index (χ4v) is 4.41. The van der Waals surface area contributed by atoms with Crippen molar-refractivity contribution < 1.29 is 17.2 Å². The third-order valence-corrected chi connectivity index (χ3v) is 5.94. The molecule has 3 nitrogen and oxygen atoms in total. The average molecular weight is 382 g/mol. The summed E-state index contributed by atoms with van der Waals surface area (Å²) in [6.07, 6.45) is 0. The second-order valence-corrected chi connectivity index (χ2v) is 8.66. The van der Waals surface area contributed by atoms with Crippen molar-refractivity contribution in [2.45, 2.75) is 11.4 Å². The van der Waals surface area contributed by atoms with E-state index in [2.05, 4.69) is 15.9 Å². The first-order valence-corrected chi connectivity index (χ1v) is 8.50. The van der Waals surface area contributed by atoms with E-state index in [0.29, 0.717) is 6.07 Å². The van der Waals surface area contributed by atoms with Crippen LogP contribution < -0.4 is 0 Å². The Kier molecular flexibility index (Phi) is 4.58. The van der Waals surface area contributed by atoms with E-state index in [1.54, 1.807) is 6.07 Å².